The minimum Gasteiger partial charge on any atom is -0.459 e. The standard InChI is InChI=1S/C25H22F2N4O2/c26-25(27)5-9-31(10-6-25)24(32)17-1-2-22(30-15-17)18-11-19-12-20(14-28)33-23(19)21(13-18)16-3-7-29-8-4-16/h1-4,7-8,11-13,15H,5-6,9-10,14,28H2. The van der Waals surface area contributed by atoms with Crippen LogP contribution in [0, 0.1) is 0 Å². The summed E-state index contributed by atoms with van der Waals surface area (Å²) in [7, 11) is 0. The number of piperidine rings is 1. The predicted octanol–water partition coefficient (Wildman–Crippen LogP) is 4.89. The molecule has 1 aliphatic rings. The number of aromatic nitrogens is 2. The number of rotatable bonds is 4. The highest BCUT2D eigenvalue weighted by atomic mass is 19.3. The zero-order valence-electron chi connectivity index (χ0n) is 17.8. The zero-order valence-corrected chi connectivity index (χ0v) is 17.8. The summed E-state index contributed by atoms with van der Waals surface area (Å²) in [6, 6.07) is 13.1. The van der Waals surface area contributed by atoms with Gasteiger partial charge in [0.15, 0.2) is 0 Å². The van der Waals surface area contributed by atoms with Crippen molar-refractivity contribution < 1.29 is 18.0 Å². The van der Waals surface area contributed by atoms with Crippen molar-refractivity contribution in [1.82, 2.24) is 14.9 Å². The number of amides is 1. The Morgan fingerprint density at radius 2 is 1.82 bits per heavy atom. The SMILES string of the molecule is NCc1cc2cc(-c3ccc(C(=O)N4CCC(F)(F)CC4)cn3)cc(-c3ccncc3)c2o1. The first-order valence-corrected chi connectivity index (χ1v) is 10.7. The average Bonchev–Trinajstić information content (AvgIpc) is 3.27. The molecule has 0 atom stereocenters. The maximum atomic E-state index is 13.4. The Hall–Kier alpha value is -3.65. The second kappa shape index (κ2) is 8.37. The van der Waals surface area contributed by atoms with Gasteiger partial charge in [0.1, 0.15) is 11.3 Å². The van der Waals surface area contributed by atoms with Gasteiger partial charge in [-0.05, 0) is 48.0 Å². The second-order valence-electron chi connectivity index (χ2n) is 8.18. The van der Waals surface area contributed by atoms with E-state index in [9.17, 15) is 13.6 Å². The van der Waals surface area contributed by atoms with Crippen LogP contribution in [0.25, 0.3) is 33.4 Å². The summed E-state index contributed by atoms with van der Waals surface area (Å²) in [5.74, 6) is -2.29. The fraction of sp³-hybridized carbons (Fsp3) is 0.240. The first-order chi connectivity index (χ1) is 15.9. The van der Waals surface area contributed by atoms with Gasteiger partial charge in [-0.3, -0.25) is 14.8 Å². The Kier molecular flexibility index (Phi) is 5.38. The topological polar surface area (TPSA) is 85.3 Å². The molecule has 8 heteroatoms. The zero-order chi connectivity index (χ0) is 23.0. The van der Waals surface area contributed by atoms with E-state index >= 15 is 0 Å². The third-order valence-electron chi connectivity index (χ3n) is 5.95. The van der Waals surface area contributed by atoms with Gasteiger partial charge in [0.2, 0.25) is 0 Å². The van der Waals surface area contributed by atoms with Crippen LogP contribution in [0.1, 0.15) is 29.0 Å². The normalized spacial score (nSPS) is 15.7. The highest BCUT2D eigenvalue weighted by Gasteiger charge is 2.35. The molecule has 1 aromatic carbocycles. The van der Waals surface area contributed by atoms with Crippen molar-refractivity contribution in [2.75, 3.05) is 13.1 Å². The molecule has 0 radical (unpaired) electrons. The van der Waals surface area contributed by atoms with Crippen LogP contribution >= 0.6 is 0 Å². The number of pyridine rings is 2. The Balaban J connectivity index is 1.47. The lowest BCUT2D eigenvalue weighted by molar-refractivity contribution is -0.0494. The van der Waals surface area contributed by atoms with Crippen LogP contribution < -0.4 is 5.73 Å². The van der Waals surface area contributed by atoms with Crippen LogP contribution in [0.2, 0.25) is 0 Å². The molecule has 1 amide bonds. The molecule has 6 nitrogen and oxygen atoms in total. The number of fused-ring (bicyclic) bond motifs is 1. The van der Waals surface area contributed by atoms with Crippen molar-refractivity contribution >= 4 is 16.9 Å². The van der Waals surface area contributed by atoms with Crippen molar-refractivity contribution in [3.8, 4) is 22.4 Å². The monoisotopic (exact) mass is 448 g/mol. The summed E-state index contributed by atoms with van der Waals surface area (Å²) in [5, 5.41) is 0.899. The van der Waals surface area contributed by atoms with Gasteiger partial charge in [0.25, 0.3) is 11.8 Å². The van der Waals surface area contributed by atoms with E-state index in [2.05, 4.69) is 9.97 Å². The fourth-order valence-corrected chi connectivity index (χ4v) is 4.11. The fourth-order valence-electron chi connectivity index (χ4n) is 4.11. The summed E-state index contributed by atoms with van der Waals surface area (Å²) in [5.41, 5.74) is 10.3. The third kappa shape index (κ3) is 4.21. The van der Waals surface area contributed by atoms with Gasteiger partial charge < -0.3 is 15.1 Å². The number of carbonyl (C=O) groups excluding carboxylic acids is 1. The highest BCUT2D eigenvalue weighted by Crippen LogP contribution is 2.35. The molecule has 1 saturated heterocycles. The molecule has 0 bridgehead atoms. The van der Waals surface area contributed by atoms with Gasteiger partial charge in [0.05, 0.1) is 17.8 Å². The number of carbonyl (C=O) groups is 1. The number of nitrogens with two attached hydrogens (primary N) is 1. The van der Waals surface area contributed by atoms with Crippen LogP contribution in [0.3, 0.4) is 0 Å². The molecule has 5 rings (SSSR count). The number of hydrogen-bond acceptors (Lipinski definition) is 5. The minimum atomic E-state index is -2.69. The summed E-state index contributed by atoms with van der Waals surface area (Å²) in [6.45, 7) is 0.379. The quantitative estimate of drug-likeness (QED) is 0.481. The third-order valence-corrected chi connectivity index (χ3v) is 5.95. The molecule has 0 unspecified atom stereocenters. The molecule has 1 aliphatic heterocycles. The molecule has 4 aromatic rings. The number of hydrogen-bond donors (Lipinski definition) is 1. The molecule has 1 fully saturated rings. The highest BCUT2D eigenvalue weighted by molar-refractivity contribution is 5.97. The van der Waals surface area contributed by atoms with Crippen LogP contribution in [0.4, 0.5) is 8.78 Å². The van der Waals surface area contributed by atoms with E-state index in [0.717, 1.165) is 27.7 Å². The molecule has 168 valence electrons. The largest absolute Gasteiger partial charge is 0.459 e. The van der Waals surface area contributed by atoms with E-state index in [0.29, 0.717) is 17.0 Å². The van der Waals surface area contributed by atoms with Crippen LogP contribution in [0.15, 0.2) is 65.5 Å². The second-order valence-corrected chi connectivity index (χ2v) is 8.18. The minimum absolute atomic E-state index is 0.0451. The van der Waals surface area contributed by atoms with Gasteiger partial charge in [-0.25, -0.2) is 8.78 Å². The predicted molar refractivity (Wildman–Crippen MR) is 121 cm³/mol. The van der Waals surface area contributed by atoms with Crippen molar-refractivity contribution in [2.45, 2.75) is 25.3 Å². The lowest BCUT2D eigenvalue weighted by atomic mass is 9.99. The van der Waals surface area contributed by atoms with Gasteiger partial charge in [-0.1, -0.05) is 0 Å². The number of nitrogens with zero attached hydrogens (tertiary/aromatic N) is 3. The average molecular weight is 448 g/mol. The van der Waals surface area contributed by atoms with E-state index in [4.69, 9.17) is 10.2 Å². The molecular weight excluding hydrogens is 426 g/mol. The molecule has 0 saturated carbocycles. The van der Waals surface area contributed by atoms with Crippen molar-refractivity contribution in [3.63, 3.8) is 0 Å². The number of alkyl halides is 2. The first-order valence-electron chi connectivity index (χ1n) is 10.7. The summed E-state index contributed by atoms with van der Waals surface area (Å²) in [6.07, 6.45) is 4.32. The molecule has 0 spiro atoms. The van der Waals surface area contributed by atoms with Gasteiger partial charge in [-0.2, -0.15) is 0 Å². The van der Waals surface area contributed by atoms with Crippen LogP contribution in [0.5, 0.6) is 0 Å². The summed E-state index contributed by atoms with van der Waals surface area (Å²) < 4.78 is 32.8. The molecule has 4 heterocycles. The first kappa shape index (κ1) is 21.2. The molecular formula is C25H22F2N4O2. The van der Waals surface area contributed by atoms with E-state index in [-0.39, 0.29) is 38.4 Å². The number of halogens is 2. The number of benzene rings is 1. The van der Waals surface area contributed by atoms with Crippen molar-refractivity contribution in [2.24, 2.45) is 5.73 Å². The number of likely N-dealkylation sites (tertiary alicyclic amines) is 1. The van der Waals surface area contributed by atoms with Crippen molar-refractivity contribution in [1.29, 1.82) is 0 Å². The number of furan rings is 1. The summed E-state index contributed by atoms with van der Waals surface area (Å²) >= 11 is 0. The van der Waals surface area contributed by atoms with E-state index in [1.807, 2.05) is 30.3 Å². The Labute approximate surface area is 189 Å². The Bertz CT molecular complexity index is 1290. The van der Waals surface area contributed by atoms with E-state index in [1.165, 1.54) is 11.1 Å². The lowest BCUT2D eigenvalue weighted by Gasteiger charge is -2.31. The Morgan fingerprint density at radius 3 is 2.48 bits per heavy atom. The van der Waals surface area contributed by atoms with Crippen LogP contribution in [-0.2, 0) is 6.54 Å². The maximum Gasteiger partial charge on any atom is 0.255 e. The molecule has 3 aromatic heterocycles. The van der Waals surface area contributed by atoms with Crippen molar-refractivity contribution in [3.05, 3.63) is 72.4 Å². The smallest absolute Gasteiger partial charge is 0.255 e. The maximum absolute atomic E-state index is 13.4. The summed E-state index contributed by atoms with van der Waals surface area (Å²) in [4.78, 5) is 22.8. The van der Waals surface area contributed by atoms with Gasteiger partial charge in [0, 0.05) is 61.0 Å². The molecule has 33 heavy (non-hydrogen) atoms. The van der Waals surface area contributed by atoms with E-state index < -0.39 is 5.92 Å². The molecule has 2 N–H and O–H groups in total. The van der Waals surface area contributed by atoms with Gasteiger partial charge in [-0.15, -0.1) is 0 Å². The molecule has 0 aliphatic carbocycles. The Morgan fingerprint density at radius 1 is 1.06 bits per heavy atom. The van der Waals surface area contributed by atoms with E-state index in [1.54, 1.807) is 24.5 Å². The lowest BCUT2D eigenvalue weighted by Crippen LogP contribution is -2.42. The van der Waals surface area contributed by atoms with Gasteiger partial charge >= 0.3 is 0 Å². The van der Waals surface area contributed by atoms with Crippen LogP contribution in [-0.4, -0.2) is 39.8 Å².